The second-order valence-corrected chi connectivity index (χ2v) is 15.4. The minimum atomic E-state index is -3.42. The molecule has 1 N–H and O–H groups in total. The van der Waals surface area contributed by atoms with Crippen molar-refractivity contribution in [2.75, 3.05) is 38.3 Å². The van der Waals surface area contributed by atoms with Crippen molar-refractivity contribution in [3.8, 4) is 22.8 Å². The van der Waals surface area contributed by atoms with Crippen LogP contribution in [0, 0.1) is 5.82 Å². The summed E-state index contributed by atoms with van der Waals surface area (Å²) in [5.74, 6) is 1.60. The van der Waals surface area contributed by atoms with E-state index < -0.39 is 9.84 Å². The second kappa shape index (κ2) is 16.0. The molecule has 0 saturated heterocycles. The van der Waals surface area contributed by atoms with Crippen molar-refractivity contribution < 1.29 is 22.3 Å². The van der Waals surface area contributed by atoms with Crippen LogP contribution in [0.4, 0.5) is 15.9 Å². The van der Waals surface area contributed by atoms with Crippen molar-refractivity contribution in [3.05, 3.63) is 112 Å². The fourth-order valence-electron chi connectivity index (χ4n) is 5.25. The Labute approximate surface area is 302 Å². The number of aryl methyl sites for hydroxylation is 1. The van der Waals surface area contributed by atoms with Gasteiger partial charge in [-0.15, -0.1) is 11.3 Å². The van der Waals surface area contributed by atoms with Gasteiger partial charge in [0.05, 0.1) is 33.6 Å². The highest BCUT2D eigenvalue weighted by Gasteiger charge is 2.18. The van der Waals surface area contributed by atoms with Crippen molar-refractivity contribution in [2.24, 2.45) is 0 Å². The number of fused-ring (bicyclic) bond motifs is 1. The lowest BCUT2D eigenvalue weighted by molar-refractivity contribution is 0.303. The molecular weight excluding hydrogens is 743 g/mol. The third kappa shape index (κ3) is 8.80. The van der Waals surface area contributed by atoms with Gasteiger partial charge in [-0.05, 0) is 90.0 Å². The van der Waals surface area contributed by atoms with Crippen LogP contribution in [0.3, 0.4) is 0 Å². The molecule has 3 aromatic carbocycles. The summed E-state index contributed by atoms with van der Waals surface area (Å²) in [7, 11) is 0.120. The van der Waals surface area contributed by atoms with Crippen LogP contribution in [0.15, 0.2) is 100 Å². The van der Waals surface area contributed by atoms with E-state index in [9.17, 15) is 12.8 Å². The van der Waals surface area contributed by atoms with Gasteiger partial charge in [-0.1, -0.05) is 18.2 Å². The third-order valence-corrected chi connectivity index (χ3v) is 11.0. The Balaban J connectivity index is 1.11. The highest BCUT2D eigenvalue weighted by molar-refractivity contribution is 9.10. The summed E-state index contributed by atoms with van der Waals surface area (Å²) in [4.78, 5) is 19.9. The molecule has 0 aliphatic rings. The maximum Gasteiger partial charge on any atom is 0.196 e. The fourth-order valence-corrected chi connectivity index (χ4v) is 7.85. The summed E-state index contributed by atoms with van der Waals surface area (Å²) in [6, 6.07) is 20.7. The molecule has 0 atom stereocenters. The van der Waals surface area contributed by atoms with Gasteiger partial charge >= 0.3 is 0 Å². The van der Waals surface area contributed by atoms with E-state index >= 15 is 0 Å². The first-order chi connectivity index (χ1) is 24.2. The van der Waals surface area contributed by atoms with Crippen molar-refractivity contribution in [3.63, 3.8) is 0 Å². The molecule has 0 unspecified atom stereocenters. The zero-order valence-electron chi connectivity index (χ0n) is 27.3. The van der Waals surface area contributed by atoms with E-state index in [1.54, 1.807) is 36.6 Å². The van der Waals surface area contributed by atoms with Gasteiger partial charge in [0.2, 0.25) is 0 Å². The highest BCUT2D eigenvalue weighted by Crippen LogP contribution is 2.37. The first kappa shape index (κ1) is 35.3. The summed E-state index contributed by atoms with van der Waals surface area (Å²) >= 11 is 5.16. The number of benzene rings is 3. The molecule has 50 heavy (non-hydrogen) atoms. The Hall–Kier alpha value is -4.50. The zero-order chi connectivity index (χ0) is 35.1. The number of sulfone groups is 1. The third-order valence-electron chi connectivity index (χ3n) is 7.89. The maximum atomic E-state index is 13.6. The van der Waals surface area contributed by atoms with Crippen LogP contribution in [0.25, 0.3) is 22.2 Å². The van der Waals surface area contributed by atoms with Gasteiger partial charge in [-0.25, -0.2) is 32.7 Å². The summed E-state index contributed by atoms with van der Waals surface area (Å²) < 4.78 is 51.1. The van der Waals surface area contributed by atoms with Gasteiger partial charge in [0.15, 0.2) is 14.9 Å². The monoisotopic (exact) mass is 776 g/mol. The lowest BCUT2D eigenvalue weighted by Gasteiger charge is -2.16. The fraction of sp³-hybridized carbons (Fsp3) is 0.222. The van der Waals surface area contributed by atoms with Crippen molar-refractivity contribution >= 4 is 59.5 Å². The van der Waals surface area contributed by atoms with Gasteiger partial charge in [-0.2, -0.15) is 0 Å². The molecule has 0 fully saturated rings. The minimum absolute atomic E-state index is 0.0131. The van der Waals surface area contributed by atoms with Crippen LogP contribution in [0.5, 0.6) is 11.5 Å². The Morgan fingerprint density at radius 1 is 0.980 bits per heavy atom. The van der Waals surface area contributed by atoms with Gasteiger partial charge in [0.25, 0.3) is 0 Å². The minimum Gasteiger partial charge on any atom is -0.496 e. The Kier molecular flexibility index (Phi) is 11.3. The van der Waals surface area contributed by atoms with Gasteiger partial charge in [0, 0.05) is 47.2 Å². The van der Waals surface area contributed by atoms with Crippen LogP contribution in [-0.2, 0) is 22.9 Å². The lowest BCUT2D eigenvalue weighted by Crippen LogP contribution is -2.27. The predicted octanol–water partition coefficient (Wildman–Crippen LogP) is 7.72. The average Bonchev–Trinajstić information content (AvgIpc) is 3.59. The molecule has 0 radical (unpaired) electrons. The number of thiazole rings is 1. The van der Waals surface area contributed by atoms with E-state index in [-0.39, 0.29) is 23.2 Å². The SMILES string of the molecule is COc1cc2ncnc(Nc3ccc(OCc4cccc(F)c4)c(Br)c3)c2cc1-c1csc(CCCN(C)CCS(=O)(=O)c2ccccn2)n1. The number of anilines is 2. The molecule has 6 rings (SSSR count). The topological polar surface area (TPSA) is 119 Å². The number of halogens is 2. The van der Waals surface area contributed by atoms with Crippen LogP contribution >= 0.6 is 27.3 Å². The Morgan fingerprint density at radius 2 is 1.86 bits per heavy atom. The Morgan fingerprint density at radius 3 is 2.64 bits per heavy atom. The van der Waals surface area contributed by atoms with E-state index in [0.717, 1.165) is 56.8 Å². The molecule has 3 heterocycles. The predicted molar refractivity (Wildman–Crippen MR) is 197 cm³/mol. The molecule has 0 amide bonds. The number of aromatic nitrogens is 4. The molecule has 0 saturated carbocycles. The molecule has 0 aliphatic carbocycles. The molecule has 3 aromatic heterocycles. The quantitative estimate of drug-likeness (QED) is 0.111. The standard InChI is InChI=1S/C36H34BrFN6O4S2/c1-44(15-16-50(45,46)35-10-3-4-13-39-35)14-6-9-34-43-31(22-49-34)27-19-28-30(20-33(27)47-2)40-23-41-36(28)42-26-11-12-32(29(37)18-26)48-21-24-7-5-8-25(38)17-24/h3-5,7-8,10-13,17-20,22-23H,6,9,14-16,21H2,1-2H3,(H,40,41,42). The highest BCUT2D eigenvalue weighted by atomic mass is 79.9. The molecule has 0 aliphatic heterocycles. The first-order valence-electron chi connectivity index (χ1n) is 15.7. The van der Waals surface area contributed by atoms with Gasteiger partial charge in [0.1, 0.15) is 36.1 Å². The van der Waals surface area contributed by atoms with Crippen molar-refractivity contribution in [1.29, 1.82) is 0 Å². The van der Waals surface area contributed by atoms with E-state index in [1.165, 1.54) is 30.7 Å². The summed E-state index contributed by atoms with van der Waals surface area (Å²) in [6.07, 6.45) is 4.58. The molecule has 0 spiro atoms. The Bertz CT molecular complexity index is 2200. The van der Waals surface area contributed by atoms with E-state index in [2.05, 4.69) is 36.2 Å². The zero-order valence-corrected chi connectivity index (χ0v) is 30.6. The van der Waals surface area contributed by atoms with Crippen LogP contribution < -0.4 is 14.8 Å². The van der Waals surface area contributed by atoms with E-state index in [4.69, 9.17) is 14.5 Å². The molecule has 10 nitrogen and oxygen atoms in total. The number of methoxy groups -OCH3 is 1. The largest absolute Gasteiger partial charge is 0.496 e. The number of ether oxygens (including phenoxy) is 2. The number of nitrogens with one attached hydrogen (secondary N) is 1. The van der Waals surface area contributed by atoms with Crippen LogP contribution in [0.2, 0.25) is 0 Å². The van der Waals surface area contributed by atoms with Gasteiger partial charge < -0.3 is 19.7 Å². The molecule has 6 aromatic rings. The smallest absolute Gasteiger partial charge is 0.196 e. The lowest BCUT2D eigenvalue weighted by atomic mass is 10.1. The molecule has 0 bridgehead atoms. The summed E-state index contributed by atoms with van der Waals surface area (Å²) in [5.41, 5.74) is 3.83. The number of pyridine rings is 1. The van der Waals surface area contributed by atoms with E-state index in [0.29, 0.717) is 29.4 Å². The van der Waals surface area contributed by atoms with Crippen LogP contribution in [-0.4, -0.2) is 66.3 Å². The number of nitrogens with zero attached hydrogens (tertiary/aromatic N) is 5. The maximum absolute atomic E-state index is 13.6. The normalized spacial score (nSPS) is 11.6. The number of hydrogen-bond donors (Lipinski definition) is 1. The summed E-state index contributed by atoms with van der Waals surface area (Å²) in [6.45, 7) is 1.38. The van der Waals surface area contributed by atoms with Crippen LogP contribution in [0.1, 0.15) is 17.0 Å². The van der Waals surface area contributed by atoms with Crippen molar-refractivity contribution in [1.82, 2.24) is 24.8 Å². The number of rotatable bonds is 15. The van der Waals surface area contributed by atoms with Crippen molar-refractivity contribution in [2.45, 2.75) is 24.5 Å². The molecule has 258 valence electrons. The van der Waals surface area contributed by atoms with E-state index in [1.807, 2.05) is 53.7 Å². The molecular formula is C36H34BrFN6O4S2. The number of hydrogen-bond acceptors (Lipinski definition) is 11. The average molecular weight is 778 g/mol. The molecule has 14 heteroatoms. The second-order valence-electron chi connectivity index (χ2n) is 11.5. The first-order valence-corrected chi connectivity index (χ1v) is 19.0. The summed E-state index contributed by atoms with van der Waals surface area (Å²) in [5, 5.41) is 7.28. The van der Waals surface area contributed by atoms with Gasteiger partial charge in [-0.3, -0.25) is 0 Å².